The van der Waals surface area contributed by atoms with Gasteiger partial charge in [-0.1, -0.05) is 0 Å². The summed E-state index contributed by atoms with van der Waals surface area (Å²) in [5, 5.41) is 8.86. The molecule has 2 aliphatic rings. The van der Waals surface area contributed by atoms with E-state index in [1.165, 1.54) is 0 Å². The van der Waals surface area contributed by atoms with E-state index in [9.17, 15) is 9.59 Å². The van der Waals surface area contributed by atoms with E-state index in [4.69, 9.17) is 5.11 Å². The Morgan fingerprint density at radius 3 is 2.07 bits per heavy atom. The number of aliphatic carboxylic acids is 1. The Morgan fingerprint density at radius 2 is 1.71 bits per heavy atom. The van der Waals surface area contributed by atoms with Crippen molar-refractivity contribution in [1.82, 2.24) is 4.90 Å². The second-order valence-electron chi connectivity index (χ2n) is 4.45. The van der Waals surface area contributed by atoms with Crippen LogP contribution >= 0.6 is 0 Å². The summed E-state index contributed by atoms with van der Waals surface area (Å²) in [6.45, 7) is 3.11. The molecule has 1 heterocycles. The largest absolute Gasteiger partial charge is 0.481 e. The first kappa shape index (κ1) is 9.49. The zero-order chi connectivity index (χ0) is 10.3. The summed E-state index contributed by atoms with van der Waals surface area (Å²) < 4.78 is 0. The molecule has 2 fully saturated rings. The Kier molecular flexibility index (Phi) is 2.21. The van der Waals surface area contributed by atoms with E-state index in [0.29, 0.717) is 11.8 Å². The van der Waals surface area contributed by atoms with Crippen LogP contribution in [-0.2, 0) is 9.59 Å². The lowest BCUT2D eigenvalue weighted by atomic mass is 10.0. The number of rotatable bonds is 1. The van der Waals surface area contributed by atoms with Gasteiger partial charge in [0.05, 0.1) is 5.92 Å². The molecule has 0 spiro atoms. The van der Waals surface area contributed by atoms with Gasteiger partial charge in [0.1, 0.15) is 0 Å². The van der Waals surface area contributed by atoms with Crippen molar-refractivity contribution in [3.8, 4) is 0 Å². The first-order chi connectivity index (χ1) is 6.58. The number of carboxylic acid groups (broad SMARTS) is 1. The summed E-state index contributed by atoms with van der Waals surface area (Å²) in [5.74, 6) is 0.138. The number of carboxylic acids is 1. The topological polar surface area (TPSA) is 57.6 Å². The Morgan fingerprint density at radius 1 is 1.21 bits per heavy atom. The van der Waals surface area contributed by atoms with Gasteiger partial charge in [0.2, 0.25) is 5.91 Å². The fraction of sp³-hybridized carbons (Fsp3) is 0.800. The zero-order valence-corrected chi connectivity index (χ0v) is 8.27. The minimum atomic E-state index is -0.672. The predicted molar refractivity (Wildman–Crippen MR) is 49.6 cm³/mol. The van der Waals surface area contributed by atoms with Crippen molar-refractivity contribution in [3.05, 3.63) is 0 Å². The van der Waals surface area contributed by atoms with E-state index in [-0.39, 0.29) is 11.8 Å². The van der Waals surface area contributed by atoms with Crippen molar-refractivity contribution >= 4 is 11.9 Å². The molecule has 2 atom stereocenters. The van der Waals surface area contributed by atoms with E-state index >= 15 is 0 Å². The molecule has 1 aliphatic heterocycles. The van der Waals surface area contributed by atoms with Crippen LogP contribution in [0.25, 0.3) is 0 Å². The number of carbonyl (C=O) groups is 2. The molecule has 4 heteroatoms. The van der Waals surface area contributed by atoms with Crippen LogP contribution < -0.4 is 0 Å². The fourth-order valence-corrected chi connectivity index (χ4v) is 2.76. The minimum Gasteiger partial charge on any atom is -0.481 e. The van der Waals surface area contributed by atoms with Gasteiger partial charge in [0.25, 0.3) is 0 Å². The average molecular weight is 197 g/mol. The molecule has 2 rings (SSSR count). The normalized spacial score (nSPS) is 35.8. The van der Waals surface area contributed by atoms with Crippen molar-refractivity contribution in [2.24, 2.45) is 17.8 Å². The van der Waals surface area contributed by atoms with Crippen LogP contribution in [0.2, 0.25) is 0 Å². The van der Waals surface area contributed by atoms with Gasteiger partial charge in [0, 0.05) is 20.0 Å². The van der Waals surface area contributed by atoms with Crippen LogP contribution in [-0.4, -0.2) is 35.0 Å². The highest BCUT2D eigenvalue weighted by atomic mass is 16.4. The van der Waals surface area contributed by atoms with E-state index in [1.807, 2.05) is 4.90 Å². The maximum atomic E-state index is 11.1. The molecule has 14 heavy (non-hydrogen) atoms. The van der Waals surface area contributed by atoms with Crippen LogP contribution in [0, 0.1) is 17.8 Å². The summed E-state index contributed by atoms with van der Waals surface area (Å²) in [7, 11) is 0. The maximum Gasteiger partial charge on any atom is 0.306 e. The number of fused-ring (bicyclic) bond motifs is 1. The number of carbonyl (C=O) groups excluding carboxylic acids is 1. The van der Waals surface area contributed by atoms with Gasteiger partial charge in [0.15, 0.2) is 0 Å². The van der Waals surface area contributed by atoms with Gasteiger partial charge in [-0.3, -0.25) is 9.59 Å². The van der Waals surface area contributed by atoms with E-state index in [1.54, 1.807) is 6.92 Å². The first-order valence-electron chi connectivity index (χ1n) is 5.06. The third-order valence-corrected chi connectivity index (χ3v) is 3.55. The van der Waals surface area contributed by atoms with Gasteiger partial charge in [-0.25, -0.2) is 0 Å². The van der Waals surface area contributed by atoms with Crippen molar-refractivity contribution < 1.29 is 14.7 Å². The average Bonchev–Trinajstić information content (AvgIpc) is 2.57. The lowest BCUT2D eigenvalue weighted by Gasteiger charge is -2.15. The van der Waals surface area contributed by atoms with Crippen molar-refractivity contribution in [2.45, 2.75) is 19.8 Å². The smallest absolute Gasteiger partial charge is 0.306 e. The van der Waals surface area contributed by atoms with Crippen molar-refractivity contribution in [3.63, 3.8) is 0 Å². The van der Waals surface area contributed by atoms with E-state index in [0.717, 1.165) is 25.9 Å². The highest BCUT2D eigenvalue weighted by Gasteiger charge is 2.43. The highest BCUT2D eigenvalue weighted by molar-refractivity contribution is 5.74. The molecule has 4 nitrogen and oxygen atoms in total. The molecule has 78 valence electrons. The fourth-order valence-electron chi connectivity index (χ4n) is 2.76. The lowest BCUT2D eigenvalue weighted by Crippen LogP contribution is -2.27. The Balaban J connectivity index is 1.96. The van der Waals surface area contributed by atoms with Crippen LogP contribution in [0.3, 0.4) is 0 Å². The molecular formula is C10H15NO3. The molecule has 1 N–H and O–H groups in total. The number of amides is 1. The number of hydrogen-bond donors (Lipinski definition) is 1. The SMILES string of the molecule is CC(=O)N1CC2CC(C(=O)O)CC2C1. The van der Waals surface area contributed by atoms with Crippen LogP contribution in [0.1, 0.15) is 19.8 Å². The first-order valence-corrected chi connectivity index (χ1v) is 5.06. The third-order valence-electron chi connectivity index (χ3n) is 3.55. The molecule has 0 aromatic carbocycles. The molecule has 0 radical (unpaired) electrons. The summed E-state index contributed by atoms with van der Waals surface area (Å²) >= 11 is 0. The Hall–Kier alpha value is -1.06. The molecule has 1 saturated heterocycles. The van der Waals surface area contributed by atoms with Gasteiger partial charge in [-0.05, 0) is 24.7 Å². The summed E-state index contributed by atoms with van der Waals surface area (Å²) in [4.78, 5) is 23.7. The minimum absolute atomic E-state index is 0.117. The molecule has 2 unspecified atom stereocenters. The molecule has 1 aliphatic carbocycles. The Labute approximate surface area is 82.9 Å². The van der Waals surface area contributed by atoms with Gasteiger partial charge < -0.3 is 10.0 Å². The quantitative estimate of drug-likeness (QED) is 0.668. The summed E-state index contributed by atoms with van der Waals surface area (Å²) in [6, 6.07) is 0. The van der Waals surface area contributed by atoms with Crippen LogP contribution in [0.4, 0.5) is 0 Å². The van der Waals surface area contributed by atoms with Gasteiger partial charge in [-0.2, -0.15) is 0 Å². The number of nitrogens with zero attached hydrogens (tertiary/aromatic N) is 1. The molecular weight excluding hydrogens is 182 g/mol. The van der Waals surface area contributed by atoms with Crippen LogP contribution in [0.5, 0.6) is 0 Å². The van der Waals surface area contributed by atoms with E-state index in [2.05, 4.69) is 0 Å². The molecule has 1 saturated carbocycles. The highest BCUT2D eigenvalue weighted by Crippen LogP contribution is 2.41. The standard InChI is InChI=1S/C10H15NO3/c1-6(12)11-4-8-2-7(10(13)14)3-9(8)5-11/h7-9H,2-5H2,1H3,(H,13,14). The van der Waals surface area contributed by atoms with Gasteiger partial charge in [-0.15, -0.1) is 0 Å². The summed E-state index contributed by atoms with van der Waals surface area (Å²) in [5.41, 5.74) is 0. The molecule has 0 bridgehead atoms. The number of hydrogen-bond acceptors (Lipinski definition) is 2. The molecule has 0 aromatic rings. The predicted octanol–water partition coefficient (Wildman–Crippen LogP) is 0.575. The zero-order valence-electron chi connectivity index (χ0n) is 8.27. The third kappa shape index (κ3) is 1.49. The summed E-state index contributed by atoms with van der Waals surface area (Å²) in [6.07, 6.45) is 1.51. The van der Waals surface area contributed by atoms with Crippen molar-refractivity contribution in [1.29, 1.82) is 0 Å². The monoisotopic (exact) mass is 197 g/mol. The Bertz CT molecular complexity index is 237. The molecule has 0 aromatic heterocycles. The van der Waals surface area contributed by atoms with E-state index < -0.39 is 5.97 Å². The van der Waals surface area contributed by atoms with Crippen molar-refractivity contribution in [2.75, 3.05) is 13.1 Å². The lowest BCUT2D eigenvalue weighted by molar-refractivity contribution is -0.141. The van der Waals surface area contributed by atoms with Gasteiger partial charge >= 0.3 is 5.97 Å². The second-order valence-corrected chi connectivity index (χ2v) is 4.45. The molecule has 1 amide bonds. The maximum absolute atomic E-state index is 11.1. The second kappa shape index (κ2) is 3.26. The number of likely N-dealkylation sites (tertiary alicyclic amines) is 1. The van der Waals surface area contributed by atoms with Crippen LogP contribution in [0.15, 0.2) is 0 Å².